The van der Waals surface area contributed by atoms with Crippen molar-refractivity contribution in [1.82, 2.24) is 19.9 Å². The van der Waals surface area contributed by atoms with Gasteiger partial charge in [0.2, 0.25) is 0 Å². The van der Waals surface area contributed by atoms with Gasteiger partial charge in [0.1, 0.15) is 11.3 Å². The Morgan fingerprint density at radius 1 is 1.25 bits per heavy atom. The van der Waals surface area contributed by atoms with Gasteiger partial charge in [0, 0.05) is 18.4 Å². The summed E-state index contributed by atoms with van der Waals surface area (Å²) in [6.07, 6.45) is 3.45. The van der Waals surface area contributed by atoms with Gasteiger partial charge < -0.3 is 15.2 Å². The molecule has 8 heteroatoms. The summed E-state index contributed by atoms with van der Waals surface area (Å²) in [7, 11) is 0. The van der Waals surface area contributed by atoms with Gasteiger partial charge in [0.25, 0.3) is 5.91 Å². The molecule has 3 aromatic rings. The summed E-state index contributed by atoms with van der Waals surface area (Å²) in [6.45, 7) is 4.30. The van der Waals surface area contributed by atoms with Crippen LogP contribution in [0.5, 0.6) is 5.75 Å². The van der Waals surface area contributed by atoms with Crippen molar-refractivity contribution < 1.29 is 19.4 Å². The molecule has 3 rings (SSSR count). The van der Waals surface area contributed by atoms with E-state index in [0.717, 1.165) is 17.0 Å². The monoisotopic (exact) mass is 382 g/mol. The van der Waals surface area contributed by atoms with E-state index in [0.29, 0.717) is 24.2 Å². The first-order valence-electron chi connectivity index (χ1n) is 9.01. The van der Waals surface area contributed by atoms with Crippen LogP contribution in [-0.4, -0.2) is 44.7 Å². The molecule has 2 heterocycles. The molecule has 1 atom stereocenters. The summed E-state index contributed by atoms with van der Waals surface area (Å²) in [5, 5.41) is 16.3. The zero-order valence-corrected chi connectivity index (χ0v) is 15.8. The third-order valence-corrected chi connectivity index (χ3v) is 4.33. The minimum Gasteiger partial charge on any atom is -0.494 e. The van der Waals surface area contributed by atoms with Gasteiger partial charge in [0.05, 0.1) is 18.7 Å². The molecule has 2 N–H and O–H groups in total. The van der Waals surface area contributed by atoms with Gasteiger partial charge in [-0.25, -0.2) is 9.50 Å². The number of nitrogens with zero attached hydrogens (tertiary/aromatic N) is 3. The summed E-state index contributed by atoms with van der Waals surface area (Å²) in [5.74, 6) is -1.38. The maximum Gasteiger partial charge on any atom is 0.308 e. The maximum absolute atomic E-state index is 12.5. The minimum atomic E-state index is -0.969. The summed E-state index contributed by atoms with van der Waals surface area (Å²) < 4.78 is 6.90. The summed E-state index contributed by atoms with van der Waals surface area (Å²) in [6, 6.07) is 9.08. The van der Waals surface area contributed by atoms with Crippen LogP contribution in [0.25, 0.3) is 5.65 Å². The summed E-state index contributed by atoms with van der Waals surface area (Å²) in [5.41, 5.74) is 2.38. The lowest BCUT2D eigenvalue weighted by atomic mass is 9.99. The van der Waals surface area contributed by atoms with Crippen molar-refractivity contribution in [2.45, 2.75) is 20.3 Å². The van der Waals surface area contributed by atoms with Crippen molar-refractivity contribution in [3.63, 3.8) is 0 Å². The Morgan fingerprint density at radius 2 is 2.00 bits per heavy atom. The fraction of sp³-hybridized carbons (Fsp3) is 0.300. The third-order valence-electron chi connectivity index (χ3n) is 4.33. The van der Waals surface area contributed by atoms with E-state index in [1.165, 1.54) is 10.7 Å². The number of hydrogen-bond acceptors (Lipinski definition) is 5. The third kappa shape index (κ3) is 4.46. The number of aromatic nitrogens is 3. The zero-order valence-electron chi connectivity index (χ0n) is 15.8. The first kappa shape index (κ1) is 19.3. The maximum atomic E-state index is 12.5. The molecule has 0 bridgehead atoms. The minimum absolute atomic E-state index is 0.00450. The van der Waals surface area contributed by atoms with E-state index in [2.05, 4.69) is 15.4 Å². The van der Waals surface area contributed by atoms with Crippen molar-refractivity contribution in [3.8, 4) is 5.75 Å². The zero-order chi connectivity index (χ0) is 20.1. The van der Waals surface area contributed by atoms with E-state index in [1.54, 1.807) is 12.3 Å². The van der Waals surface area contributed by atoms with Crippen molar-refractivity contribution >= 4 is 17.5 Å². The van der Waals surface area contributed by atoms with Crippen LogP contribution in [0.2, 0.25) is 0 Å². The lowest BCUT2D eigenvalue weighted by molar-refractivity contribution is -0.141. The number of carboxylic acid groups (broad SMARTS) is 1. The summed E-state index contributed by atoms with van der Waals surface area (Å²) in [4.78, 5) is 28.5. The van der Waals surface area contributed by atoms with Crippen LogP contribution in [-0.2, 0) is 11.2 Å². The number of nitrogens with one attached hydrogen (secondary N) is 1. The number of hydrogen-bond donors (Lipinski definition) is 2. The van der Waals surface area contributed by atoms with Gasteiger partial charge in [-0.05, 0) is 44.0 Å². The van der Waals surface area contributed by atoms with Crippen molar-refractivity contribution in [2.75, 3.05) is 13.2 Å². The summed E-state index contributed by atoms with van der Waals surface area (Å²) >= 11 is 0. The predicted octanol–water partition coefficient (Wildman–Crippen LogP) is 2.11. The smallest absolute Gasteiger partial charge is 0.308 e. The molecule has 0 saturated heterocycles. The second-order valence-corrected chi connectivity index (χ2v) is 6.42. The number of rotatable bonds is 8. The predicted molar refractivity (Wildman–Crippen MR) is 102 cm³/mol. The van der Waals surface area contributed by atoms with Crippen LogP contribution in [0.3, 0.4) is 0 Å². The molecule has 0 radical (unpaired) electrons. The van der Waals surface area contributed by atoms with Crippen LogP contribution in [0.15, 0.2) is 42.7 Å². The number of carbonyl (C=O) groups excluding carboxylic acids is 1. The number of amides is 1. The number of fused-ring (bicyclic) bond motifs is 1. The standard InChI is InChI=1S/C20H22N4O4/c1-3-28-16-6-4-14(5-7-16)10-15(20(26)27)11-21-19(25)17-12-22-24-9-8-13(2)23-18(17)24/h4-9,12,15H,3,10-11H2,1-2H3,(H,21,25)(H,26,27). The molecule has 0 aliphatic heterocycles. The largest absolute Gasteiger partial charge is 0.494 e. The number of aliphatic carboxylic acids is 1. The second-order valence-electron chi connectivity index (χ2n) is 6.42. The molecule has 2 aromatic heterocycles. The Bertz CT molecular complexity index is 982. The lowest BCUT2D eigenvalue weighted by Crippen LogP contribution is -2.34. The molecule has 8 nitrogen and oxygen atoms in total. The molecule has 0 spiro atoms. The highest BCUT2D eigenvalue weighted by Crippen LogP contribution is 2.16. The van der Waals surface area contributed by atoms with Gasteiger partial charge in [0.15, 0.2) is 5.65 Å². The number of carbonyl (C=O) groups is 2. The quantitative estimate of drug-likeness (QED) is 0.618. The number of benzene rings is 1. The highest BCUT2D eigenvalue weighted by Gasteiger charge is 2.21. The molecular weight excluding hydrogens is 360 g/mol. The van der Waals surface area contributed by atoms with Crippen LogP contribution in [0, 0.1) is 12.8 Å². The molecule has 0 aliphatic carbocycles. The average molecular weight is 382 g/mol. The number of aryl methyl sites for hydroxylation is 1. The normalized spacial score (nSPS) is 11.9. The van der Waals surface area contributed by atoms with Gasteiger partial charge in [-0.1, -0.05) is 12.1 Å². The van der Waals surface area contributed by atoms with Gasteiger partial charge >= 0.3 is 5.97 Å². The lowest BCUT2D eigenvalue weighted by Gasteiger charge is -2.14. The van der Waals surface area contributed by atoms with Crippen LogP contribution in [0.4, 0.5) is 0 Å². The van der Waals surface area contributed by atoms with Crippen molar-refractivity contribution in [1.29, 1.82) is 0 Å². The molecule has 1 amide bonds. The van der Waals surface area contributed by atoms with Crippen LogP contribution < -0.4 is 10.1 Å². The fourth-order valence-corrected chi connectivity index (χ4v) is 2.85. The second kappa shape index (κ2) is 8.51. The highest BCUT2D eigenvalue weighted by molar-refractivity contribution is 5.99. The van der Waals surface area contributed by atoms with E-state index in [4.69, 9.17) is 4.74 Å². The first-order chi connectivity index (χ1) is 13.5. The molecule has 28 heavy (non-hydrogen) atoms. The van der Waals surface area contributed by atoms with Crippen LogP contribution >= 0.6 is 0 Å². The number of carboxylic acids is 1. The molecular formula is C20H22N4O4. The topological polar surface area (TPSA) is 106 Å². The Hall–Kier alpha value is -3.42. The Kier molecular flexibility index (Phi) is 5.88. The molecule has 0 aliphatic rings. The first-order valence-corrected chi connectivity index (χ1v) is 9.01. The fourth-order valence-electron chi connectivity index (χ4n) is 2.85. The van der Waals surface area contributed by atoms with Gasteiger partial charge in [-0.2, -0.15) is 5.10 Å². The van der Waals surface area contributed by atoms with Gasteiger partial charge in [-0.15, -0.1) is 0 Å². The Labute approximate surface area is 162 Å². The average Bonchev–Trinajstić information content (AvgIpc) is 3.09. The van der Waals surface area contributed by atoms with Crippen molar-refractivity contribution in [2.24, 2.45) is 5.92 Å². The molecule has 0 saturated carbocycles. The van der Waals surface area contributed by atoms with Crippen molar-refractivity contribution in [3.05, 3.63) is 59.5 Å². The number of ether oxygens (including phenoxy) is 1. The highest BCUT2D eigenvalue weighted by atomic mass is 16.5. The Morgan fingerprint density at radius 3 is 2.68 bits per heavy atom. The van der Waals surface area contributed by atoms with E-state index < -0.39 is 17.8 Å². The molecule has 1 unspecified atom stereocenters. The SMILES string of the molecule is CCOc1ccc(CC(CNC(=O)c2cnn3ccc(C)nc23)C(=O)O)cc1. The molecule has 0 fully saturated rings. The van der Waals surface area contributed by atoms with E-state index in [-0.39, 0.29) is 6.54 Å². The van der Waals surface area contributed by atoms with Crippen LogP contribution in [0.1, 0.15) is 28.5 Å². The molecule has 1 aromatic carbocycles. The van der Waals surface area contributed by atoms with E-state index in [9.17, 15) is 14.7 Å². The van der Waals surface area contributed by atoms with E-state index in [1.807, 2.05) is 38.1 Å². The van der Waals surface area contributed by atoms with E-state index >= 15 is 0 Å². The molecule has 146 valence electrons. The Balaban J connectivity index is 1.66. The van der Waals surface area contributed by atoms with Gasteiger partial charge in [-0.3, -0.25) is 9.59 Å².